The summed E-state index contributed by atoms with van der Waals surface area (Å²) >= 11 is 2.77. The van der Waals surface area contributed by atoms with E-state index in [9.17, 15) is 9.59 Å². The zero-order valence-corrected chi connectivity index (χ0v) is 26.6. The summed E-state index contributed by atoms with van der Waals surface area (Å²) in [4.78, 5) is 33.5. The lowest BCUT2D eigenvalue weighted by molar-refractivity contribution is -0.118. The summed E-state index contributed by atoms with van der Waals surface area (Å²) in [5, 5.41) is 5.26. The highest BCUT2D eigenvalue weighted by atomic mass is 32.2. The molecule has 1 aliphatic rings. The third-order valence-electron chi connectivity index (χ3n) is 7.27. The van der Waals surface area contributed by atoms with Crippen molar-refractivity contribution in [2.24, 2.45) is 5.10 Å². The van der Waals surface area contributed by atoms with Crippen LogP contribution in [0.3, 0.4) is 0 Å². The molecule has 2 aromatic heterocycles. The van der Waals surface area contributed by atoms with E-state index in [-0.39, 0.29) is 17.2 Å². The van der Waals surface area contributed by atoms with Crippen LogP contribution in [0.1, 0.15) is 34.9 Å². The second-order valence-corrected chi connectivity index (χ2v) is 12.3. The summed E-state index contributed by atoms with van der Waals surface area (Å²) in [6.45, 7) is 2.89. The number of fused-ring (bicyclic) bond motifs is 3. The average Bonchev–Trinajstić information content (AvgIpc) is 3.66. The smallest absolute Gasteiger partial charge is 0.267 e. The van der Waals surface area contributed by atoms with Gasteiger partial charge in [0.2, 0.25) is 0 Å². The number of thioether (sulfide) groups is 1. The van der Waals surface area contributed by atoms with Crippen LogP contribution >= 0.6 is 23.1 Å². The first-order valence-electron chi connectivity index (χ1n) is 14.6. The second kappa shape index (κ2) is 14.0. The van der Waals surface area contributed by atoms with Gasteiger partial charge in [-0.05, 0) is 85.3 Å². The molecule has 0 spiro atoms. The molecule has 1 N–H and O–H groups in total. The van der Waals surface area contributed by atoms with Gasteiger partial charge >= 0.3 is 0 Å². The third kappa shape index (κ3) is 6.89. The van der Waals surface area contributed by atoms with Gasteiger partial charge in [0, 0.05) is 4.88 Å². The number of rotatable bonds is 12. The van der Waals surface area contributed by atoms with Gasteiger partial charge in [0.25, 0.3) is 11.5 Å². The number of thiophene rings is 1. The number of aryl methyl sites for hydroxylation is 2. The monoisotopic (exact) mass is 640 g/mol. The van der Waals surface area contributed by atoms with Crippen LogP contribution in [0.25, 0.3) is 15.9 Å². The minimum atomic E-state index is -0.327. The van der Waals surface area contributed by atoms with Crippen molar-refractivity contribution in [2.75, 3.05) is 19.5 Å². The van der Waals surface area contributed by atoms with Gasteiger partial charge in [0.1, 0.15) is 17.2 Å². The van der Waals surface area contributed by atoms with E-state index in [4.69, 9.17) is 19.2 Å². The Bertz CT molecular complexity index is 1900. The molecule has 3 aromatic carbocycles. The number of amides is 1. The third-order valence-corrected chi connectivity index (χ3v) is 9.40. The molecule has 0 saturated carbocycles. The fraction of sp³-hybridized carbons (Fsp3) is 0.235. The molecule has 11 heteroatoms. The van der Waals surface area contributed by atoms with Gasteiger partial charge in [-0.1, -0.05) is 42.1 Å². The van der Waals surface area contributed by atoms with Crippen molar-refractivity contribution >= 4 is 45.4 Å². The maximum atomic E-state index is 13.9. The molecule has 6 rings (SSSR count). The summed E-state index contributed by atoms with van der Waals surface area (Å²) < 4.78 is 18.6. The van der Waals surface area contributed by atoms with Crippen LogP contribution in [0.15, 0.2) is 87.8 Å². The summed E-state index contributed by atoms with van der Waals surface area (Å²) in [6.07, 6.45) is 4.45. The van der Waals surface area contributed by atoms with E-state index in [0.717, 1.165) is 46.5 Å². The molecular weight excluding hydrogens is 609 g/mol. The molecule has 0 saturated heterocycles. The molecule has 5 aromatic rings. The number of aromatic nitrogens is 2. The first-order valence-corrected chi connectivity index (χ1v) is 16.4. The van der Waals surface area contributed by atoms with Crippen molar-refractivity contribution in [2.45, 2.75) is 37.9 Å². The second-order valence-electron chi connectivity index (χ2n) is 10.3. The molecule has 0 bridgehead atoms. The zero-order valence-electron chi connectivity index (χ0n) is 24.9. The van der Waals surface area contributed by atoms with Crippen molar-refractivity contribution < 1.29 is 19.0 Å². The first-order chi connectivity index (χ1) is 22.0. The van der Waals surface area contributed by atoms with Gasteiger partial charge in [-0.15, -0.1) is 11.3 Å². The largest absolute Gasteiger partial charge is 0.494 e. The fourth-order valence-corrected chi connectivity index (χ4v) is 7.28. The van der Waals surface area contributed by atoms with Crippen LogP contribution in [0.2, 0.25) is 0 Å². The Balaban J connectivity index is 1.15. The molecule has 0 unspecified atom stereocenters. The highest BCUT2D eigenvalue weighted by Gasteiger charge is 2.24. The Morgan fingerprint density at radius 2 is 1.89 bits per heavy atom. The summed E-state index contributed by atoms with van der Waals surface area (Å²) in [5.41, 5.74) is 6.02. The minimum absolute atomic E-state index is 0.0208. The quantitative estimate of drug-likeness (QED) is 0.0754. The molecule has 1 aliphatic carbocycles. The fourth-order valence-electron chi connectivity index (χ4n) is 5.17. The average molecular weight is 641 g/mol. The predicted octanol–water partition coefficient (Wildman–Crippen LogP) is 6.16. The number of nitrogens with one attached hydrogen (secondary N) is 1. The van der Waals surface area contributed by atoms with E-state index < -0.39 is 0 Å². The number of methoxy groups -OCH3 is 1. The predicted molar refractivity (Wildman–Crippen MR) is 179 cm³/mol. The number of hydrazone groups is 1. The molecular formula is C34H32N4O5S2. The van der Waals surface area contributed by atoms with Gasteiger partial charge in [-0.25, -0.2) is 10.4 Å². The highest BCUT2D eigenvalue weighted by molar-refractivity contribution is 7.99. The number of nitrogens with zero attached hydrogens (tertiary/aromatic N) is 3. The number of carbonyl (C=O) groups excluding carboxylic acids is 1. The Kier molecular flexibility index (Phi) is 9.46. The number of ether oxygens (including phenoxy) is 3. The van der Waals surface area contributed by atoms with Crippen LogP contribution in [-0.2, 0) is 24.2 Å². The number of hydrogen-bond donors (Lipinski definition) is 1. The van der Waals surface area contributed by atoms with E-state index in [1.54, 1.807) is 35.3 Å². The lowest BCUT2D eigenvalue weighted by Gasteiger charge is -2.13. The lowest BCUT2D eigenvalue weighted by Crippen LogP contribution is -2.24. The number of hydrogen-bond acceptors (Lipinski definition) is 9. The van der Waals surface area contributed by atoms with Gasteiger partial charge in [-0.2, -0.15) is 5.10 Å². The lowest BCUT2D eigenvalue weighted by atomic mass is 10.2. The standard InChI is InChI=1S/C34H32N4O5S2/c1-3-42-25-15-13-24(14-16-25)38-33(40)31-26-10-7-11-29(26)45-32(31)36-34(38)44-21-30(39)37-35-19-23-12-17-27(28(18-23)41-2)43-20-22-8-5-4-6-9-22/h4-6,8-9,12-19H,3,7,10-11,20-21H2,1-2H3,(H,37,39). The molecule has 1 amide bonds. The van der Waals surface area contributed by atoms with Gasteiger partial charge in [-0.3, -0.25) is 14.2 Å². The molecule has 2 heterocycles. The molecule has 0 radical (unpaired) electrons. The minimum Gasteiger partial charge on any atom is -0.494 e. The van der Waals surface area contributed by atoms with E-state index in [2.05, 4.69) is 10.5 Å². The van der Waals surface area contributed by atoms with Crippen LogP contribution in [0, 0.1) is 0 Å². The van der Waals surface area contributed by atoms with Gasteiger partial charge in [0.05, 0.1) is 36.8 Å². The van der Waals surface area contributed by atoms with Gasteiger partial charge in [0.15, 0.2) is 16.7 Å². The molecule has 0 fully saturated rings. The van der Waals surface area contributed by atoms with Crippen LogP contribution < -0.4 is 25.2 Å². The van der Waals surface area contributed by atoms with Crippen molar-refractivity contribution in [3.63, 3.8) is 0 Å². The summed E-state index contributed by atoms with van der Waals surface area (Å²) in [7, 11) is 1.58. The first kappa shape index (κ1) is 30.4. The van der Waals surface area contributed by atoms with E-state index in [1.165, 1.54) is 16.6 Å². The van der Waals surface area contributed by atoms with Crippen LogP contribution in [0.4, 0.5) is 0 Å². The highest BCUT2D eigenvalue weighted by Crippen LogP contribution is 2.36. The molecule has 230 valence electrons. The van der Waals surface area contributed by atoms with Gasteiger partial charge < -0.3 is 14.2 Å². The van der Waals surface area contributed by atoms with E-state index in [1.807, 2.05) is 73.7 Å². The normalized spacial score (nSPS) is 12.4. The SMILES string of the molecule is CCOc1ccc(-n2c(SCC(=O)NN=Cc3ccc(OCc4ccccc4)c(OC)c3)nc3sc4c(c3c2=O)CCC4)cc1. The Labute approximate surface area is 268 Å². The number of benzene rings is 3. The maximum absolute atomic E-state index is 13.9. The molecule has 0 aliphatic heterocycles. The summed E-state index contributed by atoms with van der Waals surface area (Å²) in [5.74, 6) is 1.58. The Morgan fingerprint density at radius 3 is 2.67 bits per heavy atom. The van der Waals surface area contributed by atoms with Crippen LogP contribution in [0.5, 0.6) is 17.2 Å². The number of carbonyl (C=O) groups is 1. The van der Waals surface area contributed by atoms with Crippen molar-refractivity contribution in [1.29, 1.82) is 0 Å². The summed E-state index contributed by atoms with van der Waals surface area (Å²) in [6, 6.07) is 22.7. The zero-order chi connectivity index (χ0) is 31.2. The van der Waals surface area contributed by atoms with Crippen molar-refractivity contribution in [3.8, 4) is 22.9 Å². The maximum Gasteiger partial charge on any atom is 0.267 e. The van der Waals surface area contributed by atoms with Crippen molar-refractivity contribution in [1.82, 2.24) is 15.0 Å². The Hall–Kier alpha value is -4.61. The topological polar surface area (TPSA) is 104 Å². The molecule has 0 atom stereocenters. The molecule has 9 nitrogen and oxygen atoms in total. The van der Waals surface area contributed by atoms with Crippen molar-refractivity contribution in [3.05, 3.63) is 105 Å². The Morgan fingerprint density at radius 1 is 1.07 bits per heavy atom. The van der Waals surface area contributed by atoms with E-state index in [0.29, 0.717) is 40.9 Å². The molecule has 45 heavy (non-hydrogen) atoms. The van der Waals surface area contributed by atoms with E-state index >= 15 is 0 Å². The van der Waals surface area contributed by atoms with Crippen LogP contribution in [-0.4, -0.2) is 41.1 Å².